The Kier molecular flexibility index (Phi) is 5.02. The Morgan fingerprint density at radius 2 is 1.27 bits per heavy atom. The summed E-state index contributed by atoms with van der Waals surface area (Å²) >= 11 is 0. The van der Waals surface area contributed by atoms with Crippen LogP contribution < -0.4 is 5.11 Å². The Labute approximate surface area is 151 Å². The van der Waals surface area contributed by atoms with Crippen molar-refractivity contribution in [3.05, 3.63) is 70.8 Å². The monoisotopic (exact) mass is 351 g/mol. The van der Waals surface area contributed by atoms with E-state index in [0.29, 0.717) is 37.3 Å². The number of carboxylic acids is 1. The second kappa shape index (κ2) is 7.39. The summed E-state index contributed by atoms with van der Waals surface area (Å²) in [6, 6.07) is 13.2. The van der Waals surface area contributed by atoms with Crippen LogP contribution in [0, 0.1) is 6.92 Å². The van der Waals surface area contributed by atoms with E-state index < -0.39 is 5.97 Å². The third-order valence-electron chi connectivity index (χ3n) is 4.60. The lowest BCUT2D eigenvalue weighted by Gasteiger charge is -2.35. The van der Waals surface area contributed by atoms with Gasteiger partial charge in [-0.15, -0.1) is 0 Å². The topological polar surface area (TPSA) is 80.8 Å². The number of amides is 2. The van der Waals surface area contributed by atoms with Crippen LogP contribution in [0.15, 0.2) is 48.5 Å². The standard InChI is InChI=1S/C20H20N2O4/c1-14-4-2-3-5-17(14)19(24)22-12-10-21(11-13-22)18(23)15-6-8-16(9-7-15)20(25)26/h2-9H,10-13H2,1H3,(H,25,26)/p-1. The second-order valence-electron chi connectivity index (χ2n) is 6.26. The maximum atomic E-state index is 12.6. The number of aromatic carboxylic acids is 1. The zero-order valence-electron chi connectivity index (χ0n) is 14.5. The summed E-state index contributed by atoms with van der Waals surface area (Å²) in [7, 11) is 0. The number of piperazine rings is 1. The van der Waals surface area contributed by atoms with E-state index in [4.69, 9.17) is 0 Å². The van der Waals surface area contributed by atoms with E-state index in [1.54, 1.807) is 9.80 Å². The summed E-state index contributed by atoms with van der Waals surface area (Å²) in [4.78, 5) is 39.4. The molecule has 2 aromatic carbocycles. The molecule has 2 aromatic rings. The van der Waals surface area contributed by atoms with Gasteiger partial charge in [0.15, 0.2) is 0 Å². The van der Waals surface area contributed by atoms with Gasteiger partial charge in [-0.25, -0.2) is 0 Å². The van der Waals surface area contributed by atoms with Crippen LogP contribution in [0.3, 0.4) is 0 Å². The molecule has 1 fully saturated rings. The largest absolute Gasteiger partial charge is 0.545 e. The van der Waals surface area contributed by atoms with Gasteiger partial charge in [0.2, 0.25) is 0 Å². The number of benzene rings is 2. The van der Waals surface area contributed by atoms with Crippen LogP contribution in [0.4, 0.5) is 0 Å². The van der Waals surface area contributed by atoms with Gasteiger partial charge < -0.3 is 19.7 Å². The molecule has 6 nitrogen and oxygen atoms in total. The third-order valence-corrected chi connectivity index (χ3v) is 4.60. The maximum Gasteiger partial charge on any atom is 0.254 e. The van der Waals surface area contributed by atoms with Crippen molar-refractivity contribution in [1.82, 2.24) is 9.80 Å². The van der Waals surface area contributed by atoms with Crippen molar-refractivity contribution in [1.29, 1.82) is 0 Å². The molecule has 26 heavy (non-hydrogen) atoms. The molecule has 0 saturated carbocycles. The first kappa shape index (κ1) is 17.7. The van der Waals surface area contributed by atoms with Crippen molar-refractivity contribution in [2.45, 2.75) is 6.92 Å². The average Bonchev–Trinajstić information content (AvgIpc) is 2.67. The van der Waals surface area contributed by atoms with E-state index in [0.717, 1.165) is 5.56 Å². The number of carbonyl (C=O) groups is 3. The molecule has 134 valence electrons. The Balaban J connectivity index is 1.63. The van der Waals surface area contributed by atoms with Crippen molar-refractivity contribution in [2.24, 2.45) is 0 Å². The molecule has 1 aliphatic rings. The van der Waals surface area contributed by atoms with Gasteiger partial charge in [-0.1, -0.05) is 30.3 Å². The van der Waals surface area contributed by atoms with Gasteiger partial charge in [0.05, 0.1) is 5.97 Å². The number of carboxylic acid groups (broad SMARTS) is 1. The highest BCUT2D eigenvalue weighted by atomic mass is 16.4. The number of nitrogens with zero attached hydrogens (tertiary/aromatic N) is 2. The van der Waals surface area contributed by atoms with Crippen molar-refractivity contribution >= 4 is 17.8 Å². The van der Waals surface area contributed by atoms with Crippen molar-refractivity contribution in [2.75, 3.05) is 26.2 Å². The molecule has 0 aromatic heterocycles. The van der Waals surface area contributed by atoms with E-state index in [1.165, 1.54) is 24.3 Å². The highest BCUT2D eigenvalue weighted by Gasteiger charge is 2.26. The molecule has 2 amide bonds. The molecule has 6 heteroatoms. The Morgan fingerprint density at radius 1 is 0.769 bits per heavy atom. The third kappa shape index (κ3) is 3.59. The van der Waals surface area contributed by atoms with Gasteiger partial charge >= 0.3 is 0 Å². The zero-order chi connectivity index (χ0) is 18.7. The smallest absolute Gasteiger partial charge is 0.254 e. The molecule has 3 rings (SSSR count). The highest BCUT2D eigenvalue weighted by molar-refractivity contribution is 5.97. The SMILES string of the molecule is Cc1ccccc1C(=O)N1CCN(C(=O)c2ccc(C(=O)[O-])cc2)CC1. The molecule has 0 radical (unpaired) electrons. The van der Waals surface area contributed by atoms with Crippen LogP contribution in [-0.2, 0) is 0 Å². The molecular weight excluding hydrogens is 332 g/mol. The van der Waals surface area contributed by atoms with Crippen LogP contribution in [0.2, 0.25) is 0 Å². The lowest BCUT2D eigenvalue weighted by Crippen LogP contribution is -2.50. The van der Waals surface area contributed by atoms with Crippen LogP contribution >= 0.6 is 0 Å². The lowest BCUT2D eigenvalue weighted by molar-refractivity contribution is -0.255. The normalized spacial score (nSPS) is 14.2. The van der Waals surface area contributed by atoms with Crippen molar-refractivity contribution in [3.63, 3.8) is 0 Å². The number of carbonyl (C=O) groups excluding carboxylic acids is 3. The van der Waals surface area contributed by atoms with Crippen LogP contribution in [0.1, 0.15) is 36.6 Å². The van der Waals surface area contributed by atoms with Gasteiger partial charge in [0.1, 0.15) is 0 Å². The molecule has 0 spiro atoms. The summed E-state index contributed by atoms with van der Waals surface area (Å²) < 4.78 is 0. The van der Waals surface area contributed by atoms with Gasteiger partial charge in [-0.3, -0.25) is 9.59 Å². The van der Waals surface area contributed by atoms with E-state index in [1.807, 2.05) is 31.2 Å². The van der Waals surface area contributed by atoms with E-state index >= 15 is 0 Å². The summed E-state index contributed by atoms with van der Waals surface area (Å²) in [6.45, 7) is 3.73. The minimum Gasteiger partial charge on any atom is -0.545 e. The molecule has 1 saturated heterocycles. The van der Waals surface area contributed by atoms with E-state index in [2.05, 4.69) is 0 Å². The minimum atomic E-state index is -1.27. The fraction of sp³-hybridized carbons (Fsp3) is 0.250. The maximum absolute atomic E-state index is 12.6. The van der Waals surface area contributed by atoms with Crippen molar-refractivity contribution < 1.29 is 19.5 Å². The van der Waals surface area contributed by atoms with Crippen LogP contribution in [-0.4, -0.2) is 53.8 Å². The number of rotatable bonds is 3. The zero-order valence-corrected chi connectivity index (χ0v) is 14.5. The lowest BCUT2D eigenvalue weighted by atomic mass is 10.1. The predicted molar refractivity (Wildman–Crippen MR) is 93.8 cm³/mol. The first-order valence-corrected chi connectivity index (χ1v) is 8.43. The molecule has 0 unspecified atom stereocenters. The Morgan fingerprint density at radius 3 is 1.81 bits per heavy atom. The first-order chi connectivity index (χ1) is 12.5. The summed E-state index contributed by atoms with van der Waals surface area (Å²) in [5, 5.41) is 10.8. The highest BCUT2D eigenvalue weighted by Crippen LogP contribution is 2.14. The van der Waals surface area contributed by atoms with Gasteiger partial charge in [-0.05, 0) is 36.2 Å². The van der Waals surface area contributed by atoms with Gasteiger partial charge in [0, 0.05) is 37.3 Å². The van der Waals surface area contributed by atoms with Gasteiger partial charge in [-0.2, -0.15) is 0 Å². The summed E-state index contributed by atoms with van der Waals surface area (Å²) in [6.07, 6.45) is 0. The fourth-order valence-corrected chi connectivity index (χ4v) is 3.03. The molecule has 0 N–H and O–H groups in total. The molecule has 0 aliphatic carbocycles. The predicted octanol–water partition coefficient (Wildman–Crippen LogP) is 0.957. The quantitative estimate of drug-likeness (QED) is 0.825. The van der Waals surface area contributed by atoms with Crippen LogP contribution in [0.25, 0.3) is 0 Å². The summed E-state index contributed by atoms with van der Waals surface area (Å²) in [5.41, 5.74) is 2.08. The van der Waals surface area contributed by atoms with Gasteiger partial charge in [0.25, 0.3) is 11.8 Å². The Hall–Kier alpha value is -3.15. The second-order valence-corrected chi connectivity index (χ2v) is 6.26. The van der Waals surface area contributed by atoms with Crippen LogP contribution in [0.5, 0.6) is 0 Å². The Bertz CT molecular complexity index is 837. The van der Waals surface area contributed by atoms with E-state index in [-0.39, 0.29) is 17.4 Å². The molecule has 1 aliphatic heterocycles. The van der Waals surface area contributed by atoms with Crippen molar-refractivity contribution in [3.8, 4) is 0 Å². The molecule has 0 atom stereocenters. The fourth-order valence-electron chi connectivity index (χ4n) is 3.03. The molecular formula is C20H19N2O4-. The molecule has 0 bridgehead atoms. The number of aryl methyl sites for hydroxylation is 1. The average molecular weight is 351 g/mol. The minimum absolute atomic E-state index is 0.0199. The summed E-state index contributed by atoms with van der Waals surface area (Å²) in [5.74, 6) is -1.46. The number of hydrogen-bond acceptors (Lipinski definition) is 4. The van der Waals surface area contributed by atoms with E-state index in [9.17, 15) is 19.5 Å². The molecule has 1 heterocycles. The number of hydrogen-bond donors (Lipinski definition) is 0. The first-order valence-electron chi connectivity index (χ1n) is 8.43.